The minimum Gasteiger partial charge on any atom is -0.397 e. The van der Waals surface area contributed by atoms with Crippen LogP contribution in [0.1, 0.15) is 27.2 Å². The van der Waals surface area contributed by atoms with E-state index in [1.807, 2.05) is 20.8 Å². The second-order valence-corrected chi connectivity index (χ2v) is 6.21. The number of rotatable bonds is 2. The van der Waals surface area contributed by atoms with E-state index in [4.69, 9.17) is 5.73 Å². The second-order valence-electron chi connectivity index (χ2n) is 5.36. The van der Waals surface area contributed by atoms with Crippen molar-refractivity contribution in [1.82, 2.24) is 4.98 Å². The molecule has 6 heteroatoms. The fraction of sp³-hybridized carbons (Fsp3) is 0.462. The average Bonchev–Trinajstić information content (AvgIpc) is 2.53. The third-order valence-corrected chi connectivity index (χ3v) is 4.37. The van der Waals surface area contributed by atoms with Crippen LogP contribution in [0.4, 0.5) is 11.5 Å². The van der Waals surface area contributed by atoms with Crippen molar-refractivity contribution in [3.05, 3.63) is 16.7 Å². The summed E-state index contributed by atoms with van der Waals surface area (Å²) in [5.74, 6) is -0.0280. The zero-order valence-electron chi connectivity index (χ0n) is 11.1. The lowest BCUT2D eigenvalue weighted by Crippen LogP contribution is -2.37. The summed E-state index contributed by atoms with van der Waals surface area (Å²) in [6.45, 7) is 5.71. The van der Waals surface area contributed by atoms with Gasteiger partial charge in [-0.1, -0.05) is 13.8 Å². The van der Waals surface area contributed by atoms with Gasteiger partial charge in [-0.15, -0.1) is 0 Å². The van der Waals surface area contributed by atoms with Crippen LogP contribution in [-0.4, -0.2) is 16.8 Å². The normalized spacial score (nSPS) is 23.5. The molecule has 2 rings (SSSR count). The van der Waals surface area contributed by atoms with Gasteiger partial charge in [-0.05, 0) is 34.8 Å². The maximum atomic E-state index is 12.5. The van der Waals surface area contributed by atoms with Crippen LogP contribution in [0.2, 0.25) is 0 Å². The van der Waals surface area contributed by atoms with Crippen LogP contribution < -0.4 is 10.6 Å². The third-order valence-electron chi connectivity index (χ3n) is 3.79. The molecule has 2 heterocycles. The fourth-order valence-electron chi connectivity index (χ4n) is 2.11. The molecular formula is C13H16BrN3O2. The number of halogens is 1. The molecule has 1 aliphatic heterocycles. The molecule has 102 valence electrons. The molecule has 0 radical (unpaired) electrons. The van der Waals surface area contributed by atoms with E-state index in [9.17, 15) is 9.59 Å². The Labute approximate surface area is 120 Å². The molecule has 1 aromatic rings. The van der Waals surface area contributed by atoms with Crippen molar-refractivity contribution in [2.24, 2.45) is 11.3 Å². The molecule has 1 saturated heterocycles. The Morgan fingerprint density at radius 1 is 1.47 bits per heavy atom. The highest BCUT2D eigenvalue weighted by molar-refractivity contribution is 9.10. The summed E-state index contributed by atoms with van der Waals surface area (Å²) >= 11 is 3.30. The number of nitrogen functional groups attached to an aromatic ring is 1. The van der Waals surface area contributed by atoms with Crippen LogP contribution in [0.25, 0.3) is 0 Å². The molecule has 5 nitrogen and oxygen atoms in total. The van der Waals surface area contributed by atoms with Gasteiger partial charge < -0.3 is 5.73 Å². The van der Waals surface area contributed by atoms with E-state index in [0.29, 0.717) is 16.0 Å². The van der Waals surface area contributed by atoms with Gasteiger partial charge in [0.15, 0.2) is 5.82 Å². The van der Waals surface area contributed by atoms with E-state index in [-0.39, 0.29) is 24.2 Å². The van der Waals surface area contributed by atoms with Crippen molar-refractivity contribution in [2.45, 2.75) is 27.2 Å². The van der Waals surface area contributed by atoms with E-state index in [0.717, 1.165) is 4.90 Å². The summed E-state index contributed by atoms with van der Waals surface area (Å²) in [7, 11) is 0. The van der Waals surface area contributed by atoms with Crippen LogP contribution in [-0.2, 0) is 9.59 Å². The van der Waals surface area contributed by atoms with Gasteiger partial charge in [-0.3, -0.25) is 9.59 Å². The van der Waals surface area contributed by atoms with Crippen molar-refractivity contribution < 1.29 is 9.59 Å². The summed E-state index contributed by atoms with van der Waals surface area (Å²) in [6, 6.07) is 1.63. The topological polar surface area (TPSA) is 76.3 Å². The number of aromatic nitrogens is 1. The zero-order chi connectivity index (χ0) is 14.4. The molecule has 0 aromatic carbocycles. The van der Waals surface area contributed by atoms with E-state index >= 15 is 0 Å². The maximum Gasteiger partial charge on any atom is 0.241 e. The lowest BCUT2D eigenvalue weighted by atomic mass is 9.78. The van der Waals surface area contributed by atoms with Gasteiger partial charge in [0.05, 0.1) is 21.8 Å². The minimum absolute atomic E-state index is 0.0847. The molecule has 1 atom stereocenters. The predicted molar refractivity (Wildman–Crippen MR) is 76.4 cm³/mol. The highest BCUT2D eigenvalue weighted by Gasteiger charge is 2.51. The number of anilines is 2. The molecule has 2 amide bonds. The van der Waals surface area contributed by atoms with Crippen LogP contribution in [0, 0.1) is 11.3 Å². The molecule has 0 saturated carbocycles. The zero-order valence-corrected chi connectivity index (χ0v) is 12.7. The quantitative estimate of drug-likeness (QED) is 0.847. The highest BCUT2D eigenvalue weighted by Crippen LogP contribution is 2.42. The first kappa shape index (κ1) is 14.0. The average molecular weight is 326 g/mol. The van der Waals surface area contributed by atoms with Gasteiger partial charge in [0.1, 0.15) is 0 Å². The number of hydrogen-bond acceptors (Lipinski definition) is 4. The van der Waals surface area contributed by atoms with Gasteiger partial charge in [-0.25, -0.2) is 9.88 Å². The molecule has 0 bridgehead atoms. The van der Waals surface area contributed by atoms with E-state index < -0.39 is 5.41 Å². The van der Waals surface area contributed by atoms with Crippen LogP contribution in [0.3, 0.4) is 0 Å². The van der Waals surface area contributed by atoms with Crippen molar-refractivity contribution in [2.75, 3.05) is 10.6 Å². The SMILES string of the molecule is CC(C)C1(C)CC(=O)N(c2ncc(N)cc2Br)C1=O. The number of nitrogens with two attached hydrogens (primary N) is 1. The number of pyridine rings is 1. The predicted octanol–water partition coefficient (Wildman–Crippen LogP) is 2.35. The number of carbonyl (C=O) groups is 2. The smallest absolute Gasteiger partial charge is 0.241 e. The molecular weight excluding hydrogens is 310 g/mol. The summed E-state index contributed by atoms with van der Waals surface area (Å²) in [6.07, 6.45) is 1.65. The van der Waals surface area contributed by atoms with Crippen LogP contribution >= 0.6 is 15.9 Å². The van der Waals surface area contributed by atoms with Gasteiger partial charge in [-0.2, -0.15) is 0 Å². The molecule has 0 aliphatic carbocycles. The Balaban J connectivity index is 2.46. The van der Waals surface area contributed by atoms with Gasteiger partial charge >= 0.3 is 0 Å². The molecule has 1 fully saturated rings. The molecule has 0 spiro atoms. The summed E-state index contributed by atoms with van der Waals surface area (Å²) < 4.78 is 0.544. The largest absolute Gasteiger partial charge is 0.397 e. The number of nitrogens with zero attached hydrogens (tertiary/aromatic N) is 2. The van der Waals surface area contributed by atoms with Gasteiger partial charge in [0, 0.05) is 6.42 Å². The summed E-state index contributed by atoms with van der Waals surface area (Å²) in [5, 5.41) is 0. The standard InChI is InChI=1S/C13H16BrN3O2/c1-7(2)13(3)5-10(18)17(12(13)19)11-9(14)4-8(15)6-16-11/h4,6-7H,5,15H2,1-3H3. The van der Waals surface area contributed by atoms with Crippen LogP contribution in [0.5, 0.6) is 0 Å². The number of hydrogen-bond donors (Lipinski definition) is 1. The number of imide groups is 1. The maximum absolute atomic E-state index is 12.5. The number of amides is 2. The first-order valence-corrected chi connectivity index (χ1v) is 6.85. The van der Waals surface area contributed by atoms with Crippen molar-refractivity contribution in [3.8, 4) is 0 Å². The third kappa shape index (κ3) is 2.14. The highest BCUT2D eigenvalue weighted by atomic mass is 79.9. The molecule has 19 heavy (non-hydrogen) atoms. The van der Waals surface area contributed by atoms with Crippen molar-refractivity contribution in [3.63, 3.8) is 0 Å². The Morgan fingerprint density at radius 2 is 2.11 bits per heavy atom. The van der Waals surface area contributed by atoms with Gasteiger partial charge in [0.25, 0.3) is 0 Å². The fourth-order valence-corrected chi connectivity index (χ4v) is 2.66. The minimum atomic E-state index is -0.667. The Bertz CT molecular complexity index is 559. The molecule has 2 N–H and O–H groups in total. The van der Waals surface area contributed by atoms with E-state index in [1.54, 1.807) is 6.07 Å². The lowest BCUT2D eigenvalue weighted by molar-refractivity contribution is -0.126. The first-order chi connectivity index (χ1) is 8.77. The van der Waals surface area contributed by atoms with Crippen LogP contribution in [0.15, 0.2) is 16.7 Å². The van der Waals surface area contributed by atoms with Gasteiger partial charge in [0.2, 0.25) is 11.8 Å². The molecule has 1 unspecified atom stereocenters. The Morgan fingerprint density at radius 3 is 2.58 bits per heavy atom. The summed E-state index contributed by atoms with van der Waals surface area (Å²) in [4.78, 5) is 29.9. The monoisotopic (exact) mass is 325 g/mol. The van der Waals surface area contributed by atoms with Crippen molar-refractivity contribution in [1.29, 1.82) is 0 Å². The number of carbonyl (C=O) groups excluding carboxylic acids is 2. The molecule has 1 aromatic heterocycles. The summed E-state index contributed by atoms with van der Waals surface area (Å²) in [5.41, 5.74) is 5.42. The molecule has 1 aliphatic rings. The first-order valence-electron chi connectivity index (χ1n) is 6.06. The lowest BCUT2D eigenvalue weighted by Gasteiger charge is -2.25. The van der Waals surface area contributed by atoms with Crippen molar-refractivity contribution >= 4 is 39.2 Å². The van der Waals surface area contributed by atoms with E-state index in [1.165, 1.54) is 6.20 Å². The Kier molecular flexibility index (Phi) is 3.38. The Hall–Kier alpha value is -1.43. The second kappa shape index (κ2) is 4.59. The van der Waals surface area contributed by atoms with E-state index in [2.05, 4.69) is 20.9 Å².